The van der Waals surface area contributed by atoms with Crippen molar-refractivity contribution in [2.24, 2.45) is 0 Å². The first-order chi connectivity index (χ1) is 8.79. The molecular weight excluding hydrogens is 250 g/mol. The molecule has 1 aromatic carbocycles. The van der Waals surface area contributed by atoms with E-state index >= 15 is 0 Å². The highest BCUT2D eigenvalue weighted by Gasteiger charge is 2.08. The Bertz CT molecular complexity index is 511. The molecule has 5 heteroatoms. The van der Waals surface area contributed by atoms with Gasteiger partial charge >= 0.3 is 5.97 Å². The van der Waals surface area contributed by atoms with Gasteiger partial charge in [0.2, 0.25) is 0 Å². The molecule has 0 aliphatic carbocycles. The standard InChI is InChI=1S/C13H13NO3S/c1-2-16-11-5-3-4-10(6-11)13(15)17-8-12-7-14-9-18-12/h3-7,9H,2,8H2,1H3. The van der Waals surface area contributed by atoms with Gasteiger partial charge < -0.3 is 9.47 Å². The minimum absolute atomic E-state index is 0.252. The summed E-state index contributed by atoms with van der Waals surface area (Å²) in [5.74, 6) is 0.315. The number of nitrogens with zero attached hydrogens (tertiary/aromatic N) is 1. The summed E-state index contributed by atoms with van der Waals surface area (Å²) in [5, 5.41) is 0. The molecule has 0 fully saturated rings. The fraction of sp³-hybridized carbons (Fsp3) is 0.231. The third-order valence-corrected chi connectivity index (χ3v) is 2.96. The minimum Gasteiger partial charge on any atom is -0.494 e. The predicted octanol–water partition coefficient (Wildman–Crippen LogP) is 2.90. The van der Waals surface area contributed by atoms with Crippen molar-refractivity contribution < 1.29 is 14.3 Å². The number of thiazole rings is 1. The van der Waals surface area contributed by atoms with Crippen molar-refractivity contribution in [2.75, 3.05) is 6.61 Å². The van der Waals surface area contributed by atoms with Crippen molar-refractivity contribution in [3.05, 3.63) is 46.4 Å². The number of hydrogen-bond donors (Lipinski definition) is 0. The molecule has 0 aliphatic rings. The second-order valence-electron chi connectivity index (χ2n) is 3.50. The molecule has 2 rings (SSSR count). The maximum Gasteiger partial charge on any atom is 0.338 e. The van der Waals surface area contributed by atoms with E-state index in [0.717, 1.165) is 4.88 Å². The molecule has 0 bridgehead atoms. The van der Waals surface area contributed by atoms with E-state index < -0.39 is 0 Å². The Morgan fingerprint density at radius 1 is 1.44 bits per heavy atom. The topological polar surface area (TPSA) is 48.4 Å². The first kappa shape index (κ1) is 12.6. The zero-order chi connectivity index (χ0) is 12.8. The van der Waals surface area contributed by atoms with Crippen molar-refractivity contribution in [3.8, 4) is 5.75 Å². The summed E-state index contributed by atoms with van der Waals surface area (Å²) in [5.41, 5.74) is 2.20. The normalized spacial score (nSPS) is 10.1. The van der Waals surface area contributed by atoms with Crippen LogP contribution in [-0.4, -0.2) is 17.6 Å². The Morgan fingerprint density at radius 2 is 2.33 bits per heavy atom. The van der Waals surface area contributed by atoms with Crippen molar-refractivity contribution in [3.63, 3.8) is 0 Å². The zero-order valence-corrected chi connectivity index (χ0v) is 10.8. The molecule has 1 heterocycles. The molecule has 4 nitrogen and oxygen atoms in total. The van der Waals surface area contributed by atoms with Crippen molar-refractivity contribution in [1.29, 1.82) is 0 Å². The molecule has 0 spiro atoms. The smallest absolute Gasteiger partial charge is 0.338 e. The van der Waals surface area contributed by atoms with Gasteiger partial charge in [-0.25, -0.2) is 4.79 Å². The van der Waals surface area contributed by atoms with E-state index in [4.69, 9.17) is 9.47 Å². The first-order valence-electron chi connectivity index (χ1n) is 5.57. The average molecular weight is 263 g/mol. The Kier molecular flexibility index (Phi) is 4.30. The second kappa shape index (κ2) is 6.16. The highest BCUT2D eigenvalue weighted by Crippen LogP contribution is 2.15. The molecule has 0 atom stereocenters. The summed E-state index contributed by atoms with van der Waals surface area (Å²) in [6, 6.07) is 6.97. The summed E-state index contributed by atoms with van der Waals surface area (Å²) in [6.45, 7) is 2.72. The van der Waals surface area contributed by atoms with E-state index in [2.05, 4.69) is 4.98 Å². The SMILES string of the molecule is CCOc1cccc(C(=O)OCc2cncs2)c1. The van der Waals surface area contributed by atoms with E-state index in [1.54, 1.807) is 29.9 Å². The first-order valence-corrected chi connectivity index (χ1v) is 6.45. The largest absolute Gasteiger partial charge is 0.494 e. The van der Waals surface area contributed by atoms with Gasteiger partial charge in [0, 0.05) is 6.20 Å². The van der Waals surface area contributed by atoms with Crippen LogP contribution in [0.2, 0.25) is 0 Å². The minimum atomic E-state index is -0.357. The van der Waals surface area contributed by atoms with E-state index in [1.165, 1.54) is 11.3 Å². The monoisotopic (exact) mass is 263 g/mol. The Morgan fingerprint density at radius 3 is 3.06 bits per heavy atom. The van der Waals surface area contributed by atoms with Crippen LogP contribution < -0.4 is 4.74 Å². The lowest BCUT2D eigenvalue weighted by Crippen LogP contribution is -2.05. The summed E-state index contributed by atoms with van der Waals surface area (Å²) in [6.07, 6.45) is 1.69. The molecule has 2 aromatic rings. The number of carbonyl (C=O) groups excluding carboxylic acids is 1. The summed E-state index contributed by atoms with van der Waals surface area (Å²) >= 11 is 1.46. The molecule has 18 heavy (non-hydrogen) atoms. The van der Waals surface area contributed by atoms with Crippen LogP contribution in [0, 0.1) is 0 Å². The van der Waals surface area contributed by atoms with Crippen LogP contribution in [0.1, 0.15) is 22.2 Å². The van der Waals surface area contributed by atoms with Crippen LogP contribution in [0.5, 0.6) is 5.75 Å². The van der Waals surface area contributed by atoms with E-state index in [-0.39, 0.29) is 12.6 Å². The molecule has 94 valence electrons. The van der Waals surface area contributed by atoms with Crippen molar-refractivity contribution in [2.45, 2.75) is 13.5 Å². The summed E-state index contributed by atoms with van der Waals surface area (Å²) < 4.78 is 10.5. The van der Waals surface area contributed by atoms with Crippen LogP contribution >= 0.6 is 11.3 Å². The highest BCUT2D eigenvalue weighted by atomic mass is 32.1. The quantitative estimate of drug-likeness (QED) is 0.778. The third-order valence-electron chi connectivity index (χ3n) is 2.21. The lowest BCUT2D eigenvalue weighted by Gasteiger charge is -2.06. The second-order valence-corrected chi connectivity index (χ2v) is 4.48. The molecule has 0 unspecified atom stereocenters. The van der Waals surface area contributed by atoms with Crippen molar-refractivity contribution >= 4 is 17.3 Å². The predicted molar refractivity (Wildman–Crippen MR) is 68.8 cm³/mol. The van der Waals surface area contributed by atoms with Gasteiger partial charge in [-0.15, -0.1) is 11.3 Å². The van der Waals surface area contributed by atoms with E-state index in [9.17, 15) is 4.79 Å². The van der Waals surface area contributed by atoms with E-state index in [1.807, 2.05) is 13.0 Å². The van der Waals surface area contributed by atoms with Gasteiger partial charge in [0.25, 0.3) is 0 Å². The van der Waals surface area contributed by atoms with Gasteiger partial charge in [0.1, 0.15) is 12.4 Å². The number of rotatable bonds is 5. The maximum absolute atomic E-state index is 11.8. The van der Waals surface area contributed by atoms with Crippen LogP contribution in [0.3, 0.4) is 0 Å². The molecule has 0 N–H and O–H groups in total. The number of carbonyl (C=O) groups is 1. The van der Waals surface area contributed by atoms with Crippen molar-refractivity contribution in [1.82, 2.24) is 4.98 Å². The Balaban J connectivity index is 1.97. The average Bonchev–Trinajstić information content (AvgIpc) is 2.90. The molecule has 1 aromatic heterocycles. The van der Waals surface area contributed by atoms with Crippen LogP contribution in [0.15, 0.2) is 36.0 Å². The van der Waals surface area contributed by atoms with E-state index in [0.29, 0.717) is 17.9 Å². The van der Waals surface area contributed by atoms with Crippen LogP contribution in [-0.2, 0) is 11.3 Å². The zero-order valence-electron chi connectivity index (χ0n) is 9.96. The fourth-order valence-corrected chi connectivity index (χ4v) is 1.92. The molecule has 0 aliphatic heterocycles. The lowest BCUT2D eigenvalue weighted by atomic mass is 10.2. The summed E-state index contributed by atoms with van der Waals surface area (Å²) in [4.78, 5) is 16.6. The number of aromatic nitrogens is 1. The number of benzene rings is 1. The van der Waals surface area contributed by atoms with Gasteiger partial charge in [0.15, 0.2) is 0 Å². The number of esters is 1. The van der Waals surface area contributed by atoms with Gasteiger partial charge in [0.05, 0.1) is 22.6 Å². The third kappa shape index (κ3) is 3.30. The Hall–Kier alpha value is -1.88. The molecular formula is C13H13NO3S. The summed E-state index contributed by atoms with van der Waals surface area (Å²) in [7, 11) is 0. The fourth-order valence-electron chi connectivity index (χ4n) is 1.41. The number of ether oxygens (including phenoxy) is 2. The van der Waals surface area contributed by atoms with Gasteiger partial charge in [-0.1, -0.05) is 6.07 Å². The molecule has 0 saturated heterocycles. The highest BCUT2D eigenvalue weighted by molar-refractivity contribution is 7.09. The molecule has 0 radical (unpaired) electrons. The lowest BCUT2D eigenvalue weighted by molar-refractivity contribution is 0.0476. The Labute approximate surface area is 109 Å². The van der Waals surface area contributed by atoms with Crippen LogP contribution in [0.25, 0.3) is 0 Å². The van der Waals surface area contributed by atoms with Gasteiger partial charge in [-0.2, -0.15) is 0 Å². The van der Waals surface area contributed by atoms with Crippen LogP contribution in [0.4, 0.5) is 0 Å². The maximum atomic E-state index is 11.8. The van der Waals surface area contributed by atoms with Gasteiger partial charge in [-0.05, 0) is 25.1 Å². The number of hydrogen-bond acceptors (Lipinski definition) is 5. The molecule has 0 saturated carbocycles. The van der Waals surface area contributed by atoms with Gasteiger partial charge in [-0.3, -0.25) is 4.98 Å². The molecule has 0 amide bonds.